The molecule has 5 nitrogen and oxygen atoms in total. The summed E-state index contributed by atoms with van der Waals surface area (Å²) in [6.07, 6.45) is 4.53. The molecule has 142 valence electrons. The lowest BCUT2D eigenvalue weighted by Gasteiger charge is -2.10. The fourth-order valence-corrected chi connectivity index (χ4v) is 3.64. The van der Waals surface area contributed by atoms with Crippen LogP contribution in [-0.2, 0) is 6.54 Å². The molecule has 0 saturated carbocycles. The predicted octanol–water partition coefficient (Wildman–Crippen LogP) is 4.02. The van der Waals surface area contributed by atoms with Gasteiger partial charge in [-0.1, -0.05) is 0 Å². The van der Waals surface area contributed by atoms with Gasteiger partial charge in [0.25, 0.3) is 0 Å². The number of thioether (sulfide) groups is 1. The minimum absolute atomic E-state index is 0.576. The summed E-state index contributed by atoms with van der Waals surface area (Å²) >= 11 is 3.54. The minimum atomic E-state index is 0.576. The van der Waals surface area contributed by atoms with Crippen molar-refractivity contribution in [1.29, 1.82) is 0 Å². The molecule has 0 spiro atoms. The van der Waals surface area contributed by atoms with Crippen LogP contribution in [0.25, 0.3) is 10.6 Å². The number of unbranched alkanes of at least 4 members (excludes halogenated alkanes) is 1. The highest BCUT2D eigenvalue weighted by Crippen LogP contribution is 2.25. The van der Waals surface area contributed by atoms with E-state index < -0.39 is 0 Å². The number of thiazole rings is 1. The monoisotopic (exact) mass is 392 g/mol. The third kappa shape index (κ3) is 6.88. The van der Waals surface area contributed by atoms with E-state index in [4.69, 9.17) is 9.72 Å². The van der Waals surface area contributed by atoms with E-state index in [1.165, 1.54) is 12.2 Å². The first-order chi connectivity index (χ1) is 12.8. The van der Waals surface area contributed by atoms with Crippen LogP contribution in [-0.4, -0.2) is 43.2 Å². The van der Waals surface area contributed by atoms with Crippen molar-refractivity contribution in [1.82, 2.24) is 15.6 Å². The van der Waals surface area contributed by atoms with E-state index in [0.29, 0.717) is 6.54 Å². The van der Waals surface area contributed by atoms with Gasteiger partial charge in [0.1, 0.15) is 10.8 Å². The summed E-state index contributed by atoms with van der Waals surface area (Å²) in [5, 5.41) is 9.76. The summed E-state index contributed by atoms with van der Waals surface area (Å²) in [5.74, 6) is 2.92. The van der Waals surface area contributed by atoms with Crippen LogP contribution < -0.4 is 15.4 Å². The highest BCUT2D eigenvalue weighted by atomic mass is 32.2. The van der Waals surface area contributed by atoms with Gasteiger partial charge in [-0.15, -0.1) is 11.3 Å². The van der Waals surface area contributed by atoms with Crippen LogP contribution in [0.15, 0.2) is 34.6 Å². The molecule has 0 aliphatic carbocycles. The van der Waals surface area contributed by atoms with Crippen LogP contribution in [0.2, 0.25) is 0 Å². The number of guanidine groups is 1. The first-order valence-corrected chi connectivity index (χ1v) is 11.1. The SMILES string of the molecule is CCNC(=NCc1csc(-c2ccc(OC)cc2)n1)NCCCCSC. The van der Waals surface area contributed by atoms with Gasteiger partial charge in [-0.25, -0.2) is 9.98 Å². The number of hydrogen-bond donors (Lipinski definition) is 2. The molecule has 2 rings (SSSR count). The molecule has 0 bridgehead atoms. The fraction of sp³-hybridized carbons (Fsp3) is 0.474. The Bertz CT molecular complexity index is 670. The summed E-state index contributed by atoms with van der Waals surface area (Å²) in [6.45, 7) is 4.45. The van der Waals surface area contributed by atoms with Crippen LogP contribution >= 0.6 is 23.1 Å². The van der Waals surface area contributed by atoms with E-state index in [1.54, 1.807) is 18.4 Å². The van der Waals surface area contributed by atoms with Crippen LogP contribution in [0.4, 0.5) is 0 Å². The first-order valence-electron chi connectivity index (χ1n) is 8.86. The Kier molecular flexibility index (Phi) is 9.34. The van der Waals surface area contributed by atoms with E-state index >= 15 is 0 Å². The summed E-state index contributed by atoms with van der Waals surface area (Å²) in [7, 11) is 1.67. The third-order valence-corrected chi connectivity index (χ3v) is 5.34. The first kappa shape index (κ1) is 20.6. The second-order valence-corrected chi connectivity index (χ2v) is 7.54. The second-order valence-electron chi connectivity index (χ2n) is 5.69. The van der Waals surface area contributed by atoms with Crippen molar-refractivity contribution in [2.75, 3.05) is 32.2 Å². The average molecular weight is 393 g/mol. The highest BCUT2D eigenvalue weighted by Gasteiger charge is 2.05. The fourth-order valence-electron chi connectivity index (χ4n) is 2.33. The standard InChI is InChI=1S/C19H28N4OS2/c1-4-20-19(21-11-5-6-12-25-3)22-13-16-14-26-18(23-16)15-7-9-17(24-2)10-8-15/h7-10,14H,4-6,11-13H2,1-3H3,(H2,20,21,22). The van der Waals surface area contributed by atoms with Gasteiger partial charge >= 0.3 is 0 Å². The zero-order valence-corrected chi connectivity index (χ0v) is 17.4. The number of nitrogens with zero attached hydrogens (tertiary/aromatic N) is 2. The molecule has 0 fully saturated rings. The van der Waals surface area contributed by atoms with Gasteiger partial charge in [0.05, 0.1) is 19.3 Å². The van der Waals surface area contributed by atoms with Crippen molar-refractivity contribution in [2.45, 2.75) is 26.3 Å². The van der Waals surface area contributed by atoms with Gasteiger partial charge in [0, 0.05) is 24.0 Å². The largest absolute Gasteiger partial charge is 0.497 e. The zero-order valence-electron chi connectivity index (χ0n) is 15.7. The summed E-state index contributed by atoms with van der Waals surface area (Å²) in [6, 6.07) is 7.98. The molecule has 1 aromatic heterocycles. The molecule has 2 N–H and O–H groups in total. The van der Waals surface area contributed by atoms with Gasteiger partial charge in [-0.3, -0.25) is 0 Å². The number of benzene rings is 1. The topological polar surface area (TPSA) is 58.5 Å². The number of nitrogens with one attached hydrogen (secondary N) is 2. The Morgan fingerprint density at radius 2 is 2.04 bits per heavy atom. The molecule has 7 heteroatoms. The van der Waals surface area contributed by atoms with Crippen molar-refractivity contribution in [2.24, 2.45) is 4.99 Å². The van der Waals surface area contributed by atoms with Crippen molar-refractivity contribution < 1.29 is 4.74 Å². The molecular weight excluding hydrogens is 364 g/mol. The van der Waals surface area contributed by atoms with Gasteiger partial charge in [0.2, 0.25) is 0 Å². The molecule has 1 heterocycles. The lowest BCUT2D eigenvalue weighted by molar-refractivity contribution is 0.415. The summed E-state index contributed by atoms with van der Waals surface area (Å²) < 4.78 is 5.20. The molecular formula is C19H28N4OS2. The number of methoxy groups -OCH3 is 1. The quantitative estimate of drug-likeness (QED) is 0.363. The second kappa shape index (κ2) is 11.8. The van der Waals surface area contributed by atoms with Crippen LogP contribution in [0.1, 0.15) is 25.5 Å². The van der Waals surface area contributed by atoms with E-state index in [1.807, 2.05) is 36.0 Å². The smallest absolute Gasteiger partial charge is 0.191 e. The Morgan fingerprint density at radius 3 is 2.73 bits per heavy atom. The Hall–Kier alpha value is -1.73. The molecule has 0 aliphatic rings. The number of ether oxygens (including phenoxy) is 1. The van der Waals surface area contributed by atoms with Gasteiger partial charge < -0.3 is 15.4 Å². The zero-order chi connectivity index (χ0) is 18.6. The van der Waals surface area contributed by atoms with Crippen molar-refractivity contribution in [3.8, 4) is 16.3 Å². The molecule has 0 radical (unpaired) electrons. The van der Waals surface area contributed by atoms with E-state index in [2.05, 4.69) is 34.2 Å². The maximum Gasteiger partial charge on any atom is 0.191 e. The molecule has 0 unspecified atom stereocenters. The van der Waals surface area contributed by atoms with Crippen LogP contribution in [0.3, 0.4) is 0 Å². The normalized spacial score (nSPS) is 11.4. The van der Waals surface area contributed by atoms with Crippen LogP contribution in [0.5, 0.6) is 5.75 Å². The van der Waals surface area contributed by atoms with Crippen molar-refractivity contribution >= 4 is 29.1 Å². The molecule has 1 aromatic carbocycles. The lowest BCUT2D eigenvalue weighted by atomic mass is 10.2. The Labute approximate surface area is 164 Å². The van der Waals surface area contributed by atoms with Gasteiger partial charge in [-0.05, 0) is 56.0 Å². The molecule has 26 heavy (non-hydrogen) atoms. The Morgan fingerprint density at radius 1 is 1.23 bits per heavy atom. The summed E-state index contributed by atoms with van der Waals surface area (Å²) in [5.41, 5.74) is 2.09. The molecule has 2 aromatic rings. The number of rotatable bonds is 10. The van der Waals surface area contributed by atoms with Gasteiger partial charge in [-0.2, -0.15) is 11.8 Å². The molecule has 0 aliphatic heterocycles. The van der Waals surface area contributed by atoms with Crippen LogP contribution in [0, 0.1) is 0 Å². The van der Waals surface area contributed by atoms with E-state index in [-0.39, 0.29) is 0 Å². The third-order valence-electron chi connectivity index (χ3n) is 3.70. The number of aliphatic imine (C=N–C) groups is 1. The Balaban J connectivity index is 1.91. The van der Waals surface area contributed by atoms with E-state index in [0.717, 1.165) is 47.5 Å². The maximum atomic E-state index is 5.20. The highest BCUT2D eigenvalue weighted by molar-refractivity contribution is 7.98. The predicted molar refractivity (Wildman–Crippen MR) is 115 cm³/mol. The lowest BCUT2D eigenvalue weighted by Crippen LogP contribution is -2.37. The molecule has 0 atom stereocenters. The number of hydrogen-bond acceptors (Lipinski definition) is 5. The average Bonchev–Trinajstić information content (AvgIpc) is 3.15. The number of aromatic nitrogens is 1. The minimum Gasteiger partial charge on any atom is -0.497 e. The summed E-state index contributed by atoms with van der Waals surface area (Å²) in [4.78, 5) is 9.35. The van der Waals surface area contributed by atoms with Gasteiger partial charge in [0.15, 0.2) is 5.96 Å². The molecule has 0 amide bonds. The molecule has 0 saturated heterocycles. The van der Waals surface area contributed by atoms with Crippen molar-refractivity contribution in [3.05, 3.63) is 35.3 Å². The van der Waals surface area contributed by atoms with Crippen molar-refractivity contribution in [3.63, 3.8) is 0 Å². The van der Waals surface area contributed by atoms with E-state index in [9.17, 15) is 0 Å². The maximum absolute atomic E-state index is 5.20.